The van der Waals surface area contributed by atoms with Crippen LogP contribution in [0.25, 0.3) is 0 Å². The number of methoxy groups -OCH3 is 1. The Hall–Kier alpha value is -3.10. The molecule has 0 aromatic heterocycles. The lowest BCUT2D eigenvalue weighted by Crippen LogP contribution is -2.44. The number of carbonyl (C=O) groups excluding carboxylic acids is 4. The van der Waals surface area contributed by atoms with Crippen LogP contribution in [0.15, 0.2) is 24.3 Å². The molecule has 0 fully saturated rings. The van der Waals surface area contributed by atoms with Crippen LogP contribution in [0.4, 0.5) is 4.79 Å². The van der Waals surface area contributed by atoms with Gasteiger partial charge in [-0.3, -0.25) is 19.7 Å². The van der Waals surface area contributed by atoms with Crippen LogP contribution in [0.5, 0.6) is 5.75 Å². The van der Waals surface area contributed by atoms with Gasteiger partial charge in [0.2, 0.25) is 0 Å². The van der Waals surface area contributed by atoms with E-state index < -0.39 is 36.5 Å². The predicted molar refractivity (Wildman–Crippen MR) is 83.5 cm³/mol. The molecule has 0 aliphatic rings. The first kappa shape index (κ1) is 18.9. The van der Waals surface area contributed by atoms with Gasteiger partial charge in [0.05, 0.1) is 7.11 Å². The second-order valence-electron chi connectivity index (χ2n) is 4.61. The monoisotopic (exact) mass is 337 g/mol. The second kappa shape index (κ2) is 9.13. The van der Waals surface area contributed by atoms with Crippen LogP contribution in [0.2, 0.25) is 0 Å². The summed E-state index contributed by atoms with van der Waals surface area (Å²) >= 11 is 0. The van der Waals surface area contributed by atoms with E-state index >= 15 is 0 Å². The van der Waals surface area contributed by atoms with Gasteiger partial charge in [-0.15, -0.1) is 0 Å². The molecule has 0 aliphatic carbocycles. The summed E-state index contributed by atoms with van der Waals surface area (Å²) in [5, 5.41) is 6.53. The predicted octanol–water partition coefficient (Wildman–Crippen LogP) is -0.188. The van der Waals surface area contributed by atoms with E-state index in [1.807, 2.05) is 5.32 Å². The number of hydrogen-bond donors (Lipinski definition) is 3. The first-order valence-corrected chi connectivity index (χ1v) is 7.01. The smallest absolute Gasteiger partial charge is 0.326 e. The van der Waals surface area contributed by atoms with Crippen LogP contribution in [0, 0.1) is 0 Å². The topological polar surface area (TPSA) is 123 Å². The van der Waals surface area contributed by atoms with Crippen molar-refractivity contribution in [2.24, 2.45) is 0 Å². The Morgan fingerprint density at radius 3 is 2.29 bits per heavy atom. The Kier molecular flexibility index (Phi) is 7.21. The van der Waals surface area contributed by atoms with Gasteiger partial charge in [0.1, 0.15) is 12.3 Å². The van der Waals surface area contributed by atoms with Crippen molar-refractivity contribution >= 4 is 23.8 Å². The maximum absolute atomic E-state index is 11.9. The van der Waals surface area contributed by atoms with E-state index in [1.165, 1.54) is 21.1 Å². The molecule has 24 heavy (non-hydrogen) atoms. The summed E-state index contributed by atoms with van der Waals surface area (Å²) in [6.07, 6.45) is -1.17. The Morgan fingerprint density at radius 1 is 1.12 bits per heavy atom. The van der Waals surface area contributed by atoms with Crippen LogP contribution in [0.3, 0.4) is 0 Å². The summed E-state index contributed by atoms with van der Waals surface area (Å²) in [5.41, 5.74) is 0.342. The molecule has 0 saturated heterocycles. The van der Waals surface area contributed by atoms with Gasteiger partial charge in [-0.25, -0.2) is 4.79 Å². The fraction of sp³-hybridized carbons (Fsp3) is 0.333. The van der Waals surface area contributed by atoms with Crippen LogP contribution in [0.1, 0.15) is 17.3 Å². The molecule has 0 spiro atoms. The summed E-state index contributed by atoms with van der Waals surface area (Å²) in [6, 6.07) is 5.59. The highest BCUT2D eigenvalue weighted by Gasteiger charge is 2.19. The number of esters is 1. The van der Waals surface area contributed by atoms with Crippen molar-refractivity contribution in [3.8, 4) is 5.75 Å². The Labute approximate surface area is 138 Å². The minimum absolute atomic E-state index is 0.342. The molecule has 1 rings (SSSR count). The molecule has 1 aromatic rings. The highest BCUT2D eigenvalue weighted by molar-refractivity contribution is 5.98. The third-order valence-corrected chi connectivity index (χ3v) is 2.89. The maximum Gasteiger partial charge on any atom is 0.326 e. The standard InChI is InChI=1S/C15H19N3O6/c1-9(13(20)18-15(22)16-2)24-12(19)8-17-14(21)10-4-6-11(23-3)7-5-10/h4-7,9H,8H2,1-3H3,(H,17,21)(H2,16,18,20,22)/t9-/m0/s1. The van der Waals surface area contributed by atoms with Crippen LogP contribution >= 0.6 is 0 Å². The number of benzene rings is 1. The first-order chi connectivity index (χ1) is 11.4. The van der Waals surface area contributed by atoms with Gasteiger partial charge in [-0.2, -0.15) is 0 Å². The van der Waals surface area contributed by atoms with Crippen molar-refractivity contribution in [2.45, 2.75) is 13.0 Å². The van der Waals surface area contributed by atoms with Gasteiger partial charge in [-0.1, -0.05) is 0 Å². The quantitative estimate of drug-likeness (QED) is 0.619. The highest BCUT2D eigenvalue weighted by Crippen LogP contribution is 2.10. The van der Waals surface area contributed by atoms with Crippen molar-refractivity contribution < 1.29 is 28.7 Å². The van der Waals surface area contributed by atoms with Gasteiger partial charge in [0.15, 0.2) is 6.10 Å². The van der Waals surface area contributed by atoms with E-state index in [9.17, 15) is 19.2 Å². The molecule has 1 atom stereocenters. The van der Waals surface area contributed by atoms with E-state index in [0.717, 1.165) is 0 Å². The average molecular weight is 337 g/mol. The van der Waals surface area contributed by atoms with E-state index in [0.29, 0.717) is 11.3 Å². The molecule has 0 heterocycles. The summed E-state index contributed by atoms with van der Waals surface area (Å²) in [7, 11) is 2.85. The molecular weight excluding hydrogens is 318 g/mol. The Balaban J connectivity index is 2.43. The normalized spacial score (nSPS) is 11.0. The van der Waals surface area contributed by atoms with Gasteiger partial charge < -0.3 is 20.1 Å². The van der Waals surface area contributed by atoms with Gasteiger partial charge in [0, 0.05) is 12.6 Å². The second-order valence-corrected chi connectivity index (χ2v) is 4.61. The Bertz CT molecular complexity index is 614. The molecule has 0 aliphatic heterocycles. The van der Waals surface area contributed by atoms with Crippen molar-refractivity contribution in [2.75, 3.05) is 20.7 Å². The van der Waals surface area contributed by atoms with Crippen LogP contribution < -0.4 is 20.7 Å². The first-order valence-electron chi connectivity index (χ1n) is 7.01. The number of amides is 4. The van der Waals surface area contributed by atoms with E-state index in [4.69, 9.17) is 9.47 Å². The molecule has 1 aromatic carbocycles. The molecule has 0 unspecified atom stereocenters. The molecule has 9 nitrogen and oxygen atoms in total. The van der Waals surface area contributed by atoms with Crippen molar-refractivity contribution in [1.82, 2.24) is 16.0 Å². The van der Waals surface area contributed by atoms with Crippen LogP contribution in [-0.4, -0.2) is 50.6 Å². The number of imide groups is 1. The van der Waals surface area contributed by atoms with Gasteiger partial charge >= 0.3 is 12.0 Å². The molecule has 9 heteroatoms. The molecule has 3 N–H and O–H groups in total. The number of rotatable bonds is 6. The van der Waals surface area contributed by atoms with Gasteiger partial charge in [0.25, 0.3) is 11.8 Å². The summed E-state index contributed by atoms with van der Waals surface area (Å²) in [5.74, 6) is -1.46. The fourth-order valence-corrected chi connectivity index (χ4v) is 1.57. The van der Waals surface area contributed by atoms with Crippen molar-refractivity contribution in [3.63, 3.8) is 0 Å². The number of carbonyl (C=O) groups is 4. The molecule has 4 amide bonds. The average Bonchev–Trinajstić information content (AvgIpc) is 2.59. The highest BCUT2D eigenvalue weighted by atomic mass is 16.5. The number of ether oxygens (including phenoxy) is 2. The molecular formula is C15H19N3O6. The lowest BCUT2D eigenvalue weighted by atomic mass is 10.2. The van der Waals surface area contributed by atoms with E-state index in [-0.39, 0.29) is 0 Å². The van der Waals surface area contributed by atoms with E-state index in [1.54, 1.807) is 24.3 Å². The Morgan fingerprint density at radius 2 is 1.75 bits per heavy atom. The zero-order chi connectivity index (χ0) is 18.1. The summed E-state index contributed by atoms with van der Waals surface area (Å²) in [4.78, 5) is 46.0. The molecule has 130 valence electrons. The fourth-order valence-electron chi connectivity index (χ4n) is 1.57. The van der Waals surface area contributed by atoms with Gasteiger partial charge in [-0.05, 0) is 31.2 Å². The minimum Gasteiger partial charge on any atom is -0.497 e. The summed E-state index contributed by atoms with van der Waals surface area (Å²) in [6.45, 7) is 0.893. The SMILES string of the molecule is CNC(=O)NC(=O)[C@H](C)OC(=O)CNC(=O)c1ccc(OC)cc1. The maximum atomic E-state index is 11.9. The number of hydrogen-bond acceptors (Lipinski definition) is 6. The molecule has 0 bridgehead atoms. The van der Waals surface area contributed by atoms with Crippen LogP contribution in [-0.2, 0) is 14.3 Å². The molecule has 0 saturated carbocycles. The number of urea groups is 1. The lowest BCUT2D eigenvalue weighted by molar-refractivity contribution is -0.153. The third-order valence-electron chi connectivity index (χ3n) is 2.89. The minimum atomic E-state index is -1.17. The van der Waals surface area contributed by atoms with E-state index in [2.05, 4.69) is 10.6 Å². The third kappa shape index (κ3) is 5.95. The zero-order valence-corrected chi connectivity index (χ0v) is 13.5. The van der Waals surface area contributed by atoms with Crippen molar-refractivity contribution in [1.29, 1.82) is 0 Å². The molecule has 0 radical (unpaired) electrons. The summed E-state index contributed by atoms with van der Waals surface area (Å²) < 4.78 is 9.79. The lowest BCUT2D eigenvalue weighted by Gasteiger charge is -2.13. The van der Waals surface area contributed by atoms with Crippen molar-refractivity contribution in [3.05, 3.63) is 29.8 Å². The zero-order valence-electron chi connectivity index (χ0n) is 13.5. The number of nitrogens with one attached hydrogen (secondary N) is 3. The largest absolute Gasteiger partial charge is 0.497 e.